The predicted octanol–water partition coefficient (Wildman–Crippen LogP) is 4.44. The molecule has 4 aliphatic carbocycles. The molecule has 4 rings (SSSR count). The minimum Gasteiger partial charge on any atom is -0.480 e. The van der Waals surface area contributed by atoms with Crippen LogP contribution in [0.3, 0.4) is 0 Å². The lowest BCUT2D eigenvalue weighted by molar-refractivity contribution is -0.144. The van der Waals surface area contributed by atoms with Crippen LogP contribution in [0, 0.1) is 52.8 Å². The Morgan fingerprint density at radius 3 is 2.40 bits per heavy atom. The fourth-order valence-electron chi connectivity index (χ4n) is 8.75. The molecular weight excluding hydrogens is 546 g/mol. The molecule has 3 fully saturated rings. The van der Waals surface area contributed by atoms with Gasteiger partial charge in [-0.25, -0.2) is 4.79 Å². The number of carbonyl (C=O) groups excluding carboxylic acids is 2. The van der Waals surface area contributed by atoms with Crippen molar-refractivity contribution in [1.29, 1.82) is 0 Å². The smallest absolute Gasteiger partial charge is 0.326 e. The van der Waals surface area contributed by atoms with Crippen LogP contribution in [0.15, 0.2) is 16.8 Å². The van der Waals surface area contributed by atoms with Gasteiger partial charge in [0.05, 0.1) is 5.71 Å². The van der Waals surface area contributed by atoms with Gasteiger partial charge in [-0.05, 0) is 92.4 Å². The Morgan fingerprint density at radius 2 is 1.77 bits per heavy atom. The maximum Gasteiger partial charge on any atom is 0.326 e. The molecule has 0 unspecified atom stereocenters. The van der Waals surface area contributed by atoms with Crippen molar-refractivity contribution >= 4 is 23.5 Å². The molecule has 9 heteroatoms. The lowest BCUT2D eigenvalue weighted by atomic mass is 9.46. The zero-order valence-electron chi connectivity index (χ0n) is 26.7. The van der Waals surface area contributed by atoms with Crippen LogP contribution in [0.2, 0.25) is 0 Å². The Balaban J connectivity index is 1.35. The maximum absolute atomic E-state index is 12.9. The van der Waals surface area contributed by atoms with E-state index in [0.29, 0.717) is 30.6 Å². The van der Waals surface area contributed by atoms with Crippen molar-refractivity contribution in [3.05, 3.63) is 11.6 Å². The van der Waals surface area contributed by atoms with Crippen LogP contribution in [0.4, 0.5) is 0 Å². The number of nitrogens with one attached hydrogen (secondary N) is 2. The second-order valence-electron chi connectivity index (χ2n) is 14.4. The summed E-state index contributed by atoms with van der Waals surface area (Å²) in [7, 11) is 0. The van der Waals surface area contributed by atoms with E-state index in [4.69, 9.17) is 11.3 Å². The van der Waals surface area contributed by atoms with Crippen LogP contribution in [-0.4, -0.2) is 58.0 Å². The summed E-state index contributed by atoms with van der Waals surface area (Å²) in [5.74, 6) is 1.70. The maximum atomic E-state index is 12.9. The zero-order valence-corrected chi connectivity index (χ0v) is 26.7. The number of aliphatic hydroxyl groups is 1. The highest BCUT2D eigenvalue weighted by molar-refractivity contribution is 5.96. The fraction of sp³-hybridized carbons (Fsp3) is 0.765. The van der Waals surface area contributed by atoms with Crippen molar-refractivity contribution in [3.8, 4) is 12.3 Å². The van der Waals surface area contributed by atoms with Crippen molar-refractivity contribution < 1.29 is 29.4 Å². The summed E-state index contributed by atoms with van der Waals surface area (Å²) in [6.45, 7) is 11.5. The standard InChI is InChI=1S/C34H51N3O6/c1-8-21(5)29(31(40)41)36-30(39)28(20(3)4)35-27(38)19-43-37-23-12-15-32(6)22(18-23)10-11-24-25(32)13-16-33(7)26(24)14-17-34(33,42)9-2/h2,18,20-21,24-26,28-29,42H,8,10-17,19H2,1,3-7H3,(H,35,38)(H,36,39)(H,40,41)/b37-23+/t21-,24+,25+,26+,28+,29+,32-,33-,34+/m0/s1. The predicted molar refractivity (Wildman–Crippen MR) is 165 cm³/mol. The summed E-state index contributed by atoms with van der Waals surface area (Å²) >= 11 is 0. The van der Waals surface area contributed by atoms with Gasteiger partial charge in [-0.2, -0.15) is 0 Å². The average molecular weight is 598 g/mol. The number of hydrogen-bond donors (Lipinski definition) is 4. The number of carboxylic acid groups (broad SMARTS) is 1. The number of amides is 2. The van der Waals surface area contributed by atoms with E-state index >= 15 is 0 Å². The molecule has 0 aromatic carbocycles. The fourth-order valence-corrected chi connectivity index (χ4v) is 8.75. The van der Waals surface area contributed by atoms with Gasteiger partial charge in [-0.1, -0.05) is 64.6 Å². The third-order valence-corrected chi connectivity index (χ3v) is 11.8. The summed E-state index contributed by atoms with van der Waals surface area (Å²) in [5, 5.41) is 30.3. The van der Waals surface area contributed by atoms with Crippen molar-refractivity contribution in [2.24, 2.45) is 45.6 Å². The Hall–Kier alpha value is -2.86. The third-order valence-electron chi connectivity index (χ3n) is 11.8. The molecule has 0 radical (unpaired) electrons. The van der Waals surface area contributed by atoms with Gasteiger partial charge in [0.2, 0.25) is 5.91 Å². The van der Waals surface area contributed by atoms with Gasteiger partial charge in [0.15, 0.2) is 6.61 Å². The topological polar surface area (TPSA) is 137 Å². The lowest BCUT2D eigenvalue weighted by Crippen LogP contribution is -2.55. The van der Waals surface area contributed by atoms with Crippen LogP contribution < -0.4 is 10.6 Å². The second-order valence-corrected chi connectivity index (χ2v) is 14.4. The lowest BCUT2D eigenvalue weighted by Gasteiger charge is -2.58. The highest BCUT2D eigenvalue weighted by Crippen LogP contribution is 2.67. The van der Waals surface area contributed by atoms with Gasteiger partial charge in [0, 0.05) is 5.41 Å². The molecule has 0 bridgehead atoms. The molecule has 0 heterocycles. The van der Waals surface area contributed by atoms with E-state index in [-0.39, 0.29) is 29.3 Å². The molecule has 2 amide bonds. The third kappa shape index (κ3) is 6.09. The number of rotatable bonds is 10. The molecule has 4 aliphatic rings. The quantitative estimate of drug-likeness (QED) is 0.217. The van der Waals surface area contributed by atoms with E-state index < -0.39 is 35.5 Å². The summed E-state index contributed by atoms with van der Waals surface area (Å²) in [5.41, 5.74) is 1.09. The van der Waals surface area contributed by atoms with Crippen molar-refractivity contribution in [1.82, 2.24) is 10.6 Å². The van der Waals surface area contributed by atoms with E-state index in [1.165, 1.54) is 5.57 Å². The number of nitrogens with zero attached hydrogens (tertiary/aromatic N) is 1. The first-order valence-electron chi connectivity index (χ1n) is 16.1. The molecule has 3 saturated carbocycles. The first-order chi connectivity index (χ1) is 20.2. The van der Waals surface area contributed by atoms with E-state index in [9.17, 15) is 24.6 Å². The minimum atomic E-state index is -1.10. The Morgan fingerprint density at radius 1 is 1.07 bits per heavy atom. The van der Waals surface area contributed by atoms with Crippen molar-refractivity contribution in [2.45, 2.75) is 117 Å². The SMILES string of the molecule is C#C[C@@]1(O)CC[C@@H]2[C@@H]3CCC4=C/C(=N/OCC(=O)N[C@@H](C(=O)N[C@@H](C(=O)O)[C@@H](C)CC)C(C)C)CC[C@]4(C)[C@@H]3CC[C@@]21C. The Kier molecular flexibility index (Phi) is 9.71. The van der Waals surface area contributed by atoms with Crippen LogP contribution >= 0.6 is 0 Å². The van der Waals surface area contributed by atoms with Gasteiger partial charge >= 0.3 is 5.97 Å². The largest absolute Gasteiger partial charge is 0.480 e. The number of oxime groups is 1. The van der Waals surface area contributed by atoms with Crippen molar-refractivity contribution in [2.75, 3.05) is 6.61 Å². The molecule has 0 aliphatic heterocycles. The van der Waals surface area contributed by atoms with E-state index in [0.717, 1.165) is 50.7 Å². The van der Waals surface area contributed by atoms with Crippen LogP contribution in [-0.2, 0) is 19.2 Å². The number of aliphatic carboxylic acids is 1. The number of terminal acetylenes is 1. The van der Waals surface area contributed by atoms with Crippen LogP contribution in [0.5, 0.6) is 0 Å². The molecule has 0 aromatic rings. The molecule has 43 heavy (non-hydrogen) atoms. The minimum absolute atomic E-state index is 0.0818. The average Bonchev–Trinajstić information content (AvgIpc) is 3.24. The first-order valence-corrected chi connectivity index (χ1v) is 16.1. The summed E-state index contributed by atoms with van der Waals surface area (Å²) < 4.78 is 0. The molecule has 9 nitrogen and oxygen atoms in total. The number of allylic oxidation sites excluding steroid dienone is 2. The highest BCUT2D eigenvalue weighted by atomic mass is 16.6. The molecule has 238 valence electrons. The van der Waals surface area contributed by atoms with Crippen molar-refractivity contribution in [3.63, 3.8) is 0 Å². The number of carbonyl (C=O) groups is 3. The Bertz CT molecular complexity index is 1200. The van der Waals surface area contributed by atoms with E-state index in [1.807, 2.05) is 6.92 Å². The Labute approximate surface area is 256 Å². The molecule has 4 N–H and O–H groups in total. The molecule has 0 spiro atoms. The summed E-state index contributed by atoms with van der Waals surface area (Å²) in [4.78, 5) is 42.7. The summed E-state index contributed by atoms with van der Waals surface area (Å²) in [6, 6.07) is -1.92. The van der Waals surface area contributed by atoms with Crippen LogP contribution in [0.25, 0.3) is 0 Å². The van der Waals surface area contributed by atoms with Crippen LogP contribution in [0.1, 0.15) is 99.3 Å². The molecule has 0 saturated heterocycles. The molecular formula is C34H51N3O6. The highest BCUT2D eigenvalue weighted by Gasteiger charge is 2.63. The monoisotopic (exact) mass is 597 g/mol. The van der Waals surface area contributed by atoms with Gasteiger partial charge in [-0.15, -0.1) is 6.42 Å². The van der Waals surface area contributed by atoms with Gasteiger partial charge in [0.25, 0.3) is 5.91 Å². The van der Waals surface area contributed by atoms with E-state index in [2.05, 4.69) is 41.6 Å². The van der Waals surface area contributed by atoms with Gasteiger partial charge < -0.3 is 25.7 Å². The van der Waals surface area contributed by atoms with Gasteiger partial charge in [0.1, 0.15) is 17.7 Å². The molecule has 9 atom stereocenters. The zero-order chi connectivity index (χ0) is 31.7. The molecule has 0 aromatic heterocycles. The van der Waals surface area contributed by atoms with E-state index in [1.54, 1.807) is 20.8 Å². The van der Waals surface area contributed by atoms with Gasteiger partial charge in [-0.3, -0.25) is 9.59 Å². The summed E-state index contributed by atoms with van der Waals surface area (Å²) in [6.07, 6.45) is 16.1. The second kappa shape index (κ2) is 12.6. The number of carboxylic acids is 1. The number of hydrogen-bond acceptors (Lipinski definition) is 6. The number of fused-ring (bicyclic) bond motifs is 5. The first kappa shape index (κ1) is 33.0. The normalized spacial score (nSPS) is 36.2.